The summed E-state index contributed by atoms with van der Waals surface area (Å²) < 4.78 is 43.6. The average Bonchev–Trinajstić information content (AvgIpc) is 1.81. The van der Waals surface area contributed by atoms with E-state index in [0.717, 1.165) is 6.92 Å². The van der Waals surface area contributed by atoms with Crippen molar-refractivity contribution in [3.8, 4) is 0 Å². The van der Waals surface area contributed by atoms with E-state index < -0.39 is 15.1 Å². The monoisotopic (exact) mass is 183 g/mol. The Morgan fingerprint density at radius 2 is 2.00 bits per heavy atom. The molecule has 0 amide bonds. The van der Waals surface area contributed by atoms with Gasteiger partial charge in [-0.1, -0.05) is 13.3 Å². The Morgan fingerprint density at radius 1 is 1.55 bits per heavy atom. The first kappa shape index (κ1) is 10.8. The molecular weight excluding hydrogens is 171 g/mol. The predicted octanol–water partition coefficient (Wildman–Crippen LogP) is 1.41. The highest BCUT2D eigenvalue weighted by molar-refractivity contribution is 7.86. The van der Waals surface area contributed by atoms with Crippen molar-refractivity contribution in [2.24, 2.45) is 0 Å². The van der Waals surface area contributed by atoms with Crippen LogP contribution in [-0.2, 0) is 10.1 Å². The summed E-state index contributed by atoms with van der Waals surface area (Å²) in [6, 6.07) is 0. The highest BCUT2D eigenvalue weighted by Crippen LogP contribution is 2.23. The Morgan fingerprint density at radius 3 is 2.27 bits per heavy atom. The molecule has 0 spiro atoms. The van der Waals surface area contributed by atoms with Crippen LogP contribution >= 0.6 is 0 Å². The minimum atomic E-state index is -4.79. The Kier molecular flexibility index (Phi) is 3.44. The van der Waals surface area contributed by atoms with Crippen LogP contribution in [0.25, 0.3) is 0 Å². The van der Waals surface area contributed by atoms with Gasteiger partial charge in [0.2, 0.25) is 0 Å². The quantitative estimate of drug-likeness (QED) is 0.619. The number of hydrogen-bond donors (Lipinski definition) is 0. The molecule has 1 atom stereocenters. The summed E-state index contributed by atoms with van der Waals surface area (Å²) in [5.74, 6) is 0. The number of unbranched alkanes of at least 4 members (excludes halogenated alkanes) is 1. The average molecular weight is 183 g/mol. The van der Waals surface area contributed by atoms with Gasteiger partial charge in [-0.3, -0.25) is 0 Å². The smallest absolute Gasteiger partial charge is 0.196 e. The van der Waals surface area contributed by atoms with E-state index in [9.17, 15) is 17.4 Å². The molecule has 0 saturated heterocycles. The molecular formula is C6H12FO3S-. The lowest BCUT2D eigenvalue weighted by atomic mass is 10.2. The fourth-order valence-electron chi connectivity index (χ4n) is 0.618. The van der Waals surface area contributed by atoms with Crippen LogP contribution in [0.4, 0.5) is 4.39 Å². The second-order valence-corrected chi connectivity index (χ2v) is 4.42. The molecule has 3 nitrogen and oxygen atoms in total. The van der Waals surface area contributed by atoms with Gasteiger partial charge in [0.15, 0.2) is 5.00 Å². The van der Waals surface area contributed by atoms with E-state index in [1.54, 1.807) is 6.92 Å². The van der Waals surface area contributed by atoms with Crippen LogP contribution in [0.2, 0.25) is 0 Å². The lowest BCUT2D eigenvalue weighted by Gasteiger charge is -2.23. The van der Waals surface area contributed by atoms with Crippen molar-refractivity contribution < 1.29 is 17.4 Å². The maximum Gasteiger partial charge on any atom is 0.196 e. The lowest BCUT2D eigenvalue weighted by Crippen LogP contribution is -2.29. The Hall–Kier alpha value is -0.160. The maximum atomic E-state index is 12.9. The van der Waals surface area contributed by atoms with Crippen molar-refractivity contribution >= 4 is 10.1 Å². The largest absolute Gasteiger partial charge is 0.745 e. The van der Waals surface area contributed by atoms with Crippen LogP contribution in [0.15, 0.2) is 0 Å². The van der Waals surface area contributed by atoms with E-state index in [-0.39, 0.29) is 6.42 Å². The number of alkyl halides is 1. The third kappa shape index (κ3) is 3.16. The molecule has 0 aromatic rings. The van der Waals surface area contributed by atoms with Gasteiger partial charge >= 0.3 is 0 Å². The van der Waals surface area contributed by atoms with Crippen LogP contribution in [0, 0.1) is 0 Å². The van der Waals surface area contributed by atoms with Crippen molar-refractivity contribution in [2.75, 3.05) is 0 Å². The van der Waals surface area contributed by atoms with Gasteiger partial charge in [0.1, 0.15) is 10.1 Å². The molecule has 0 aliphatic carbocycles. The van der Waals surface area contributed by atoms with Gasteiger partial charge in [-0.05, 0) is 19.8 Å². The summed E-state index contributed by atoms with van der Waals surface area (Å²) in [6.07, 6.45) is 0.874. The molecule has 11 heavy (non-hydrogen) atoms. The van der Waals surface area contributed by atoms with E-state index in [1.807, 2.05) is 0 Å². The zero-order valence-corrected chi connectivity index (χ0v) is 7.45. The molecule has 0 N–H and O–H groups in total. The highest BCUT2D eigenvalue weighted by atomic mass is 32.2. The van der Waals surface area contributed by atoms with Crippen LogP contribution in [-0.4, -0.2) is 18.0 Å². The summed E-state index contributed by atoms with van der Waals surface area (Å²) in [5, 5.41) is -2.59. The van der Waals surface area contributed by atoms with Crippen molar-refractivity contribution in [2.45, 2.75) is 38.1 Å². The fraction of sp³-hybridized carbons (Fsp3) is 1.00. The van der Waals surface area contributed by atoms with Gasteiger partial charge in [-0.15, -0.1) is 0 Å². The molecule has 0 aromatic carbocycles. The topological polar surface area (TPSA) is 57.2 Å². The first-order valence-electron chi connectivity index (χ1n) is 3.45. The van der Waals surface area contributed by atoms with Gasteiger partial charge in [-0.25, -0.2) is 12.8 Å². The van der Waals surface area contributed by atoms with Crippen molar-refractivity contribution in [1.29, 1.82) is 0 Å². The van der Waals surface area contributed by atoms with E-state index in [1.165, 1.54) is 0 Å². The summed E-state index contributed by atoms with van der Waals surface area (Å²) in [6.45, 7) is 2.61. The van der Waals surface area contributed by atoms with E-state index in [4.69, 9.17) is 0 Å². The van der Waals surface area contributed by atoms with E-state index in [0.29, 0.717) is 12.8 Å². The molecule has 0 aromatic heterocycles. The lowest BCUT2D eigenvalue weighted by molar-refractivity contribution is 0.243. The zero-order valence-electron chi connectivity index (χ0n) is 6.63. The van der Waals surface area contributed by atoms with E-state index in [2.05, 4.69) is 0 Å². The standard InChI is InChI=1S/C6H13FO3S/c1-3-4-5-6(2,7)11(8,9)10/h3-5H2,1-2H3,(H,8,9,10)/p-1. The summed E-state index contributed by atoms with van der Waals surface area (Å²) in [4.78, 5) is 0. The minimum Gasteiger partial charge on any atom is -0.745 e. The molecule has 0 aliphatic rings. The molecule has 5 heteroatoms. The van der Waals surface area contributed by atoms with Gasteiger partial charge in [-0.2, -0.15) is 0 Å². The Bertz CT molecular complexity index is 208. The van der Waals surface area contributed by atoms with Crippen LogP contribution in [0.5, 0.6) is 0 Å². The molecule has 0 bridgehead atoms. The highest BCUT2D eigenvalue weighted by Gasteiger charge is 2.30. The van der Waals surface area contributed by atoms with E-state index >= 15 is 0 Å². The molecule has 0 rings (SSSR count). The van der Waals surface area contributed by atoms with Gasteiger partial charge in [0.25, 0.3) is 0 Å². The Balaban J connectivity index is 4.24. The first-order valence-corrected chi connectivity index (χ1v) is 4.86. The molecule has 0 aliphatic heterocycles. The summed E-state index contributed by atoms with van der Waals surface area (Å²) in [7, 11) is -4.79. The first-order chi connectivity index (χ1) is 4.81. The predicted molar refractivity (Wildman–Crippen MR) is 38.7 cm³/mol. The minimum absolute atomic E-state index is 0.213. The normalized spacial score (nSPS) is 17.8. The molecule has 0 saturated carbocycles. The van der Waals surface area contributed by atoms with Crippen molar-refractivity contribution in [3.63, 3.8) is 0 Å². The third-order valence-electron chi connectivity index (χ3n) is 1.50. The fourth-order valence-corrected chi connectivity index (χ4v) is 1.01. The Labute approximate surface area is 66.4 Å². The molecule has 0 radical (unpaired) electrons. The zero-order chi connectivity index (χ0) is 9.12. The number of rotatable bonds is 4. The van der Waals surface area contributed by atoms with Crippen molar-refractivity contribution in [1.82, 2.24) is 0 Å². The second-order valence-electron chi connectivity index (χ2n) is 2.66. The van der Waals surface area contributed by atoms with Crippen molar-refractivity contribution in [3.05, 3.63) is 0 Å². The number of hydrogen-bond acceptors (Lipinski definition) is 3. The number of halogens is 1. The molecule has 1 unspecified atom stereocenters. The molecule has 0 fully saturated rings. The van der Waals surface area contributed by atoms with Crippen LogP contribution in [0.3, 0.4) is 0 Å². The molecule has 0 heterocycles. The summed E-state index contributed by atoms with van der Waals surface area (Å²) >= 11 is 0. The van der Waals surface area contributed by atoms with Gasteiger partial charge < -0.3 is 4.55 Å². The van der Waals surface area contributed by atoms with Gasteiger partial charge in [0.05, 0.1) is 0 Å². The third-order valence-corrected chi connectivity index (χ3v) is 2.74. The maximum absolute atomic E-state index is 12.9. The van der Waals surface area contributed by atoms with Crippen LogP contribution in [0.1, 0.15) is 33.1 Å². The molecule has 68 valence electrons. The van der Waals surface area contributed by atoms with Gasteiger partial charge in [0, 0.05) is 0 Å². The van der Waals surface area contributed by atoms with Crippen LogP contribution < -0.4 is 0 Å². The SMILES string of the molecule is CCCCC(C)(F)S(=O)(=O)[O-]. The summed E-state index contributed by atoms with van der Waals surface area (Å²) in [5.41, 5.74) is 0. The second kappa shape index (κ2) is 3.49.